The van der Waals surface area contributed by atoms with E-state index in [-0.39, 0.29) is 24.2 Å². The smallest absolute Gasteiger partial charge is 0.259 e. The highest BCUT2D eigenvalue weighted by Crippen LogP contribution is 2.27. The first-order valence-electron chi connectivity index (χ1n) is 9.08. The summed E-state index contributed by atoms with van der Waals surface area (Å²) < 4.78 is 28.9. The molecule has 0 spiro atoms. The summed E-state index contributed by atoms with van der Waals surface area (Å²) in [6, 6.07) is 6.98. The number of nitrogens with one attached hydrogen (secondary N) is 1. The van der Waals surface area contributed by atoms with E-state index in [0.29, 0.717) is 23.9 Å². The Hall–Kier alpha value is -2.68. The van der Waals surface area contributed by atoms with Crippen molar-refractivity contribution in [1.29, 1.82) is 0 Å². The summed E-state index contributed by atoms with van der Waals surface area (Å²) in [5, 5.41) is 3.09. The van der Waals surface area contributed by atoms with Gasteiger partial charge in [-0.2, -0.15) is 4.98 Å². The molecule has 0 bridgehead atoms. The number of benzene rings is 1. The van der Waals surface area contributed by atoms with Crippen LogP contribution in [0.25, 0.3) is 0 Å². The zero-order valence-corrected chi connectivity index (χ0v) is 17.0. The Morgan fingerprint density at radius 3 is 2.82 bits per heavy atom. The molecule has 0 fully saturated rings. The molecule has 0 aliphatic carbocycles. The second-order valence-electron chi connectivity index (χ2n) is 7.05. The Bertz CT molecular complexity index is 976. The Balaban J connectivity index is 1.93. The first-order valence-corrected chi connectivity index (χ1v) is 11.1. The molecule has 1 aromatic carbocycles. The lowest BCUT2D eigenvalue weighted by Crippen LogP contribution is -2.36. The van der Waals surface area contributed by atoms with Crippen molar-refractivity contribution < 1.29 is 17.9 Å². The van der Waals surface area contributed by atoms with Gasteiger partial charge in [0.2, 0.25) is 5.95 Å². The van der Waals surface area contributed by atoms with E-state index in [9.17, 15) is 13.2 Å². The van der Waals surface area contributed by atoms with Crippen LogP contribution in [0.5, 0.6) is 5.75 Å². The van der Waals surface area contributed by atoms with E-state index in [4.69, 9.17) is 4.74 Å². The number of rotatable bonds is 7. The van der Waals surface area contributed by atoms with Gasteiger partial charge in [-0.15, -0.1) is 0 Å². The molecule has 0 radical (unpaired) electrons. The molecular weight excluding hydrogens is 380 g/mol. The number of aromatic nitrogens is 2. The van der Waals surface area contributed by atoms with Crippen molar-refractivity contribution in [1.82, 2.24) is 9.97 Å². The molecule has 0 unspecified atom stereocenters. The van der Waals surface area contributed by atoms with Crippen molar-refractivity contribution in [2.75, 3.05) is 35.4 Å². The molecule has 28 heavy (non-hydrogen) atoms. The van der Waals surface area contributed by atoms with Crippen LogP contribution in [0.2, 0.25) is 0 Å². The van der Waals surface area contributed by atoms with Crippen LogP contribution in [-0.4, -0.2) is 55.5 Å². The fraction of sp³-hybridized carbons (Fsp3) is 0.421. The molecule has 1 amide bonds. The Kier molecular flexibility index (Phi) is 5.83. The summed E-state index contributed by atoms with van der Waals surface area (Å²) in [4.78, 5) is 23.1. The number of hydrogen-bond acceptors (Lipinski definition) is 7. The molecule has 0 saturated carbocycles. The van der Waals surface area contributed by atoms with Gasteiger partial charge in [-0.1, -0.05) is 0 Å². The largest absolute Gasteiger partial charge is 0.493 e. The van der Waals surface area contributed by atoms with Crippen LogP contribution >= 0.6 is 0 Å². The highest BCUT2D eigenvalue weighted by molar-refractivity contribution is 7.90. The summed E-state index contributed by atoms with van der Waals surface area (Å²) in [7, 11) is -3.25. The molecule has 9 heteroatoms. The van der Waals surface area contributed by atoms with Gasteiger partial charge < -0.3 is 10.1 Å². The molecule has 3 rings (SSSR count). The Morgan fingerprint density at radius 2 is 2.11 bits per heavy atom. The summed E-state index contributed by atoms with van der Waals surface area (Å²) in [6.07, 6.45) is 3.44. The predicted molar refractivity (Wildman–Crippen MR) is 108 cm³/mol. The fourth-order valence-electron chi connectivity index (χ4n) is 2.88. The summed E-state index contributed by atoms with van der Waals surface area (Å²) >= 11 is 0. The van der Waals surface area contributed by atoms with Gasteiger partial charge in [0.25, 0.3) is 5.91 Å². The van der Waals surface area contributed by atoms with Crippen LogP contribution in [-0.2, 0) is 16.3 Å². The first kappa shape index (κ1) is 20.1. The van der Waals surface area contributed by atoms with Crippen molar-refractivity contribution in [2.24, 2.45) is 0 Å². The zero-order chi connectivity index (χ0) is 20.3. The normalized spacial score (nSPS) is 13.1. The first-order chi connectivity index (χ1) is 13.2. The zero-order valence-electron chi connectivity index (χ0n) is 16.2. The van der Waals surface area contributed by atoms with E-state index in [1.165, 1.54) is 4.90 Å². The van der Waals surface area contributed by atoms with E-state index in [1.54, 1.807) is 30.5 Å². The number of hydrogen-bond donors (Lipinski definition) is 1. The predicted octanol–water partition coefficient (Wildman–Crippen LogP) is 1.92. The lowest BCUT2D eigenvalue weighted by atomic mass is 10.1. The number of sulfone groups is 1. The lowest BCUT2D eigenvalue weighted by Gasteiger charge is -2.22. The van der Waals surface area contributed by atoms with Gasteiger partial charge in [0.15, 0.2) is 0 Å². The molecule has 0 saturated heterocycles. The molecule has 2 heterocycles. The number of nitrogens with zero attached hydrogens (tertiary/aromatic N) is 3. The SMILES string of the molecule is CC(C)Nc1nccc(N(CCS(C)(=O)=O)C(=O)c2ccc3c(c2)CCO3)n1. The second kappa shape index (κ2) is 8.14. The van der Waals surface area contributed by atoms with Gasteiger partial charge >= 0.3 is 0 Å². The van der Waals surface area contributed by atoms with Crippen LogP contribution in [0.15, 0.2) is 30.5 Å². The van der Waals surface area contributed by atoms with E-state index in [1.807, 2.05) is 13.8 Å². The van der Waals surface area contributed by atoms with Gasteiger partial charge in [0.1, 0.15) is 21.4 Å². The standard InChI is InChI=1S/C19H24N4O4S/c1-13(2)21-19-20-8-6-17(22-19)23(9-11-28(3,25)26)18(24)15-4-5-16-14(12-15)7-10-27-16/h4-6,8,12-13H,7,9-11H2,1-3H3,(H,20,21,22). The molecule has 0 atom stereocenters. The number of carbonyl (C=O) groups excluding carboxylic acids is 1. The van der Waals surface area contributed by atoms with E-state index >= 15 is 0 Å². The monoisotopic (exact) mass is 404 g/mol. The average molecular weight is 404 g/mol. The molecule has 1 aliphatic heterocycles. The Morgan fingerprint density at radius 1 is 1.32 bits per heavy atom. The van der Waals surface area contributed by atoms with Crippen LogP contribution in [0.1, 0.15) is 29.8 Å². The van der Waals surface area contributed by atoms with Crippen molar-refractivity contribution in [2.45, 2.75) is 26.3 Å². The maximum Gasteiger partial charge on any atom is 0.259 e. The topological polar surface area (TPSA) is 101 Å². The molecule has 1 aromatic heterocycles. The van der Waals surface area contributed by atoms with Crippen LogP contribution in [0.3, 0.4) is 0 Å². The summed E-state index contributed by atoms with van der Waals surface area (Å²) in [5.74, 6) is 1.04. The van der Waals surface area contributed by atoms with Gasteiger partial charge in [0.05, 0.1) is 12.4 Å². The Labute approximate surface area is 164 Å². The summed E-state index contributed by atoms with van der Waals surface area (Å²) in [6.45, 7) is 4.51. The van der Waals surface area contributed by atoms with Crippen LogP contribution < -0.4 is 15.0 Å². The molecule has 1 aliphatic rings. The minimum Gasteiger partial charge on any atom is -0.493 e. The minimum absolute atomic E-state index is 0.00336. The third-order valence-corrected chi connectivity index (χ3v) is 5.13. The number of fused-ring (bicyclic) bond motifs is 1. The van der Waals surface area contributed by atoms with E-state index in [2.05, 4.69) is 15.3 Å². The molecule has 150 valence electrons. The molecule has 8 nitrogen and oxygen atoms in total. The maximum absolute atomic E-state index is 13.2. The van der Waals surface area contributed by atoms with Gasteiger partial charge in [-0.3, -0.25) is 9.69 Å². The number of ether oxygens (including phenoxy) is 1. The maximum atomic E-state index is 13.2. The second-order valence-corrected chi connectivity index (χ2v) is 9.30. The van der Waals surface area contributed by atoms with Crippen molar-refractivity contribution in [3.8, 4) is 5.75 Å². The highest BCUT2D eigenvalue weighted by Gasteiger charge is 2.23. The number of anilines is 2. The number of carbonyl (C=O) groups is 1. The van der Waals surface area contributed by atoms with Gasteiger partial charge in [-0.05, 0) is 43.7 Å². The van der Waals surface area contributed by atoms with Crippen LogP contribution in [0, 0.1) is 0 Å². The van der Waals surface area contributed by atoms with Crippen molar-refractivity contribution in [3.63, 3.8) is 0 Å². The third-order valence-electron chi connectivity index (χ3n) is 4.20. The minimum atomic E-state index is -3.25. The average Bonchev–Trinajstić information content (AvgIpc) is 3.08. The van der Waals surface area contributed by atoms with E-state index < -0.39 is 9.84 Å². The summed E-state index contributed by atoms with van der Waals surface area (Å²) in [5.41, 5.74) is 1.44. The van der Waals surface area contributed by atoms with Crippen molar-refractivity contribution >= 4 is 27.5 Å². The highest BCUT2D eigenvalue weighted by atomic mass is 32.2. The molecular formula is C19H24N4O4S. The van der Waals surface area contributed by atoms with Gasteiger partial charge in [0, 0.05) is 37.0 Å². The number of amides is 1. The lowest BCUT2D eigenvalue weighted by molar-refractivity contribution is 0.0987. The molecule has 1 N–H and O–H groups in total. The van der Waals surface area contributed by atoms with Gasteiger partial charge in [-0.25, -0.2) is 13.4 Å². The van der Waals surface area contributed by atoms with Crippen LogP contribution in [0.4, 0.5) is 11.8 Å². The third kappa shape index (κ3) is 4.98. The quantitative estimate of drug-likeness (QED) is 0.752. The van der Waals surface area contributed by atoms with Crippen molar-refractivity contribution in [3.05, 3.63) is 41.6 Å². The fourth-order valence-corrected chi connectivity index (χ4v) is 3.39. The molecule has 2 aromatic rings. The van der Waals surface area contributed by atoms with E-state index in [0.717, 1.165) is 24.0 Å².